The van der Waals surface area contributed by atoms with Gasteiger partial charge in [0, 0.05) is 17.6 Å². The molecule has 0 bridgehead atoms. The Bertz CT molecular complexity index is 1020. The topological polar surface area (TPSA) is 66.9 Å². The summed E-state index contributed by atoms with van der Waals surface area (Å²) in [5, 5.41) is 5.48. The van der Waals surface area contributed by atoms with Gasteiger partial charge in [-0.15, -0.1) is 0 Å². The van der Waals surface area contributed by atoms with Gasteiger partial charge in [-0.3, -0.25) is 4.79 Å². The van der Waals surface area contributed by atoms with Crippen LogP contribution in [0.15, 0.2) is 54.7 Å². The lowest BCUT2D eigenvalue weighted by molar-refractivity contribution is -0.137. The Labute approximate surface area is 159 Å². The maximum absolute atomic E-state index is 12.8. The number of aryl methyl sites for hydroxylation is 2. The lowest BCUT2D eigenvalue weighted by atomic mass is 10.1. The minimum Gasteiger partial charge on any atom is -0.324 e. The predicted octanol–water partition coefficient (Wildman–Crippen LogP) is 5.11. The minimum absolute atomic E-state index is 0.0280. The van der Waals surface area contributed by atoms with Gasteiger partial charge < -0.3 is 10.6 Å². The van der Waals surface area contributed by atoms with Gasteiger partial charge in [0.1, 0.15) is 5.69 Å². The lowest BCUT2D eigenvalue weighted by Gasteiger charge is -2.11. The van der Waals surface area contributed by atoms with E-state index in [0.29, 0.717) is 0 Å². The number of benzene rings is 2. The first-order chi connectivity index (χ1) is 13.2. The standard InChI is InChI=1S/C20H17F3N4O/c1-12-6-7-13(2)17(10-12)27-19-24-9-8-16(26-19)18(28)25-15-5-3-4-14(11-15)20(21,22)23/h3-11H,1-2H3,(H,25,28)(H,24,26,27). The molecule has 8 heteroatoms. The summed E-state index contributed by atoms with van der Waals surface area (Å²) >= 11 is 0. The Hall–Kier alpha value is -3.42. The van der Waals surface area contributed by atoms with Crippen LogP contribution in [0.4, 0.5) is 30.5 Å². The summed E-state index contributed by atoms with van der Waals surface area (Å²) in [6, 6.07) is 11.6. The molecule has 28 heavy (non-hydrogen) atoms. The maximum Gasteiger partial charge on any atom is 0.416 e. The van der Waals surface area contributed by atoms with Crippen molar-refractivity contribution in [3.63, 3.8) is 0 Å². The summed E-state index contributed by atoms with van der Waals surface area (Å²) in [5.74, 6) is -0.420. The van der Waals surface area contributed by atoms with Crippen LogP contribution < -0.4 is 10.6 Å². The third-order valence-electron chi connectivity index (χ3n) is 3.98. The number of nitrogens with zero attached hydrogens (tertiary/aromatic N) is 2. The Morgan fingerprint density at radius 1 is 1.04 bits per heavy atom. The fourth-order valence-electron chi connectivity index (χ4n) is 2.50. The van der Waals surface area contributed by atoms with Gasteiger partial charge in [0.25, 0.3) is 5.91 Å². The van der Waals surface area contributed by atoms with Crippen molar-refractivity contribution in [1.29, 1.82) is 0 Å². The average Bonchev–Trinajstić information content (AvgIpc) is 2.64. The summed E-state index contributed by atoms with van der Waals surface area (Å²) in [7, 11) is 0. The van der Waals surface area contributed by atoms with Crippen LogP contribution in [0.2, 0.25) is 0 Å². The molecule has 0 spiro atoms. The molecule has 3 rings (SSSR count). The molecular weight excluding hydrogens is 369 g/mol. The van der Waals surface area contributed by atoms with Crippen molar-refractivity contribution in [1.82, 2.24) is 9.97 Å². The molecule has 0 aliphatic carbocycles. The molecule has 144 valence electrons. The maximum atomic E-state index is 12.8. The predicted molar refractivity (Wildman–Crippen MR) is 101 cm³/mol. The van der Waals surface area contributed by atoms with Crippen LogP contribution in [-0.4, -0.2) is 15.9 Å². The van der Waals surface area contributed by atoms with Crippen LogP contribution in [0, 0.1) is 13.8 Å². The van der Waals surface area contributed by atoms with E-state index >= 15 is 0 Å². The van der Waals surface area contributed by atoms with Gasteiger partial charge in [-0.2, -0.15) is 13.2 Å². The number of carbonyl (C=O) groups excluding carboxylic acids is 1. The summed E-state index contributed by atoms with van der Waals surface area (Å²) in [6.07, 6.45) is -3.08. The number of nitrogens with one attached hydrogen (secondary N) is 2. The molecule has 3 aromatic rings. The number of carbonyl (C=O) groups is 1. The number of hydrogen-bond donors (Lipinski definition) is 2. The molecule has 0 radical (unpaired) electrons. The first kappa shape index (κ1) is 19.3. The second kappa shape index (κ2) is 7.67. The second-order valence-electron chi connectivity index (χ2n) is 6.24. The van der Waals surface area contributed by atoms with Crippen molar-refractivity contribution in [3.05, 3.63) is 77.1 Å². The molecule has 2 aromatic carbocycles. The molecular formula is C20H17F3N4O. The highest BCUT2D eigenvalue weighted by atomic mass is 19.4. The number of alkyl halides is 3. The normalized spacial score (nSPS) is 11.2. The van der Waals surface area contributed by atoms with E-state index in [1.807, 2.05) is 32.0 Å². The fourth-order valence-corrected chi connectivity index (χ4v) is 2.50. The van der Waals surface area contributed by atoms with Crippen molar-refractivity contribution in [3.8, 4) is 0 Å². The van der Waals surface area contributed by atoms with Gasteiger partial charge in [0.2, 0.25) is 5.95 Å². The molecule has 1 amide bonds. The lowest BCUT2D eigenvalue weighted by Crippen LogP contribution is -2.15. The third-order valence-corrected chi connectivity index (χ3v) is 3.98. The highest BCUT2D eigenvalue weighted by Crippen LogP contribution is 2.30. The van der Waals surface area contributed by atoms with E-state index in [0.717, 1.165) is 28.9 Å². The molecule has 0 saturated carbocycles. The molecule has 0 atom stereocenters. The van der Waals surface area contributed by atoms with Crippen molar-refractivity contribution in [2.75, 3.05) is 10.6 Å². The van der Waals surface area contributed by atoms with Crippen LogP contribution in [0.25, 0.3) is 0 Å². The van der Waals surface area contributed by atoms with Crippen molar-refractivity contribution in [2.45, 2.75) is 20.0 Å². The van der Waals surface area contributed by atoms with Gasteiger partial charge >= 0.3 is 6.18 Å². The highest BCUT2D eigenvalue weighted by molar-refractivity contribution is 6.03. The van der Waals surface area contributed by atoms with Crippen LogP contribution in [0.3, 0.4) is 0 Å². The molecule has 1 aromatic heterocycles. The number of amides is 1. The van der Waals surface area contributed by atoms with E-state index in [-0.39, 0.29) is 17.3 Å². The number of rotatable bonds is 4. The Morgan fingerprint density at radius 2 is 1.82 bits per heavy atom. The number of aromatic nitrogens is 2. The molecule has 0 fully saturated rings. The third kappa shape index (κ3) is 4.64. The summed E-state index contributed by atoms with van der Waals surface area (Å²) in [5.41, 5.74) is 2.04. The summed E-state index contributed by atoms with van der Waals surface area (Å²) in [4.78, 5) is 20.6. The molecule has 2 N–H and O–H groups in total. The Balaban J connectivity index is 1.78. The van der Waals surface area contributed by atoms with Crippen LogP contribution in [0.5, 0.6) is 0 Å². The average molecular weight is 386 g/mol. The second-order valence-corrected chi connectivity index (χ2v) is 6.24. The molecule has 1 heterocycles. The summed E-state index contributed by atoms with van der Waals surface area (Å²) < 4.78 is 38.4. The molecule has 0 saturated heterocycles. The fraction of sp³-hybridized carbons (Fsp3) is 0.150. The number of anilines is 3. The SMILES string of the molecule is Cc1ccc(C)c(Nc2nccc(C(=O)Nc3cccc(C(F)(F)F)c3)n2)c1. The van der Waals surface area contributed by atoms with E-state index in [2.05, 4.69) is 20.6 Å². The van der Waals surface area contributed by atoms with E-state index in [1.54, 1.807) is 0 Å². The smallest absolute Gasteiger partial charge is 0.324 e. The summed E-state index contributed by atoms with van der Waals surface area (Å²) in [6.45, 7) is 3.87. The Kier molecular flexibility index (Phi) is 5.30. The van der Waals surface area contributed by atoms with Crippen LogP contribution in [0.1, 0.15) is 27.2 Å². The molecule has 0 aliphatic heterocycles. The first-order valence-corrected chi connectivity index (χ1v) is 8.38. The van der Waals surface area contributed by atoms with E-state index in [9.17, 15) is 18.0 Å². The molecule has 0 aliphatic rings. The van der Waals surface area contributed by atoms with Gasteiger partial charge in [-0.25, -0.2) is 9.97 Å². The minimum atomic E-state index is -4.49. The quantitative estimate of drug-likeness (QED) is 0.654. The van der Waals surface area contributed by atoms with Gasteiger partial charge in [0.15, 0.2) is 0 Å². The zero-order chi connectivity index (χ0) is 20.3. The number of hydrogen-bond acceptors (Lipinski definition) is 4. The zero-order valence-corrected chi connectivity index (χ0v) is 15.1. The first-order valence-electron chi connectivity index (χ1n) is 8.38. The van der Waals surface area contributed by atoms with Crippen LogP contribution >= 0.6 is 0 Å². The number of halogens is 3. The highest BCUT2D eigenvalue weighted by Gasteiger charge is 2.30. The Morgan fingerprint density at radius 3 is 2.57 bits per heavy atom. The zero-order valence-electron chi connectivity index (χ0n) is 15.1. The largest absolute Gasteiger partial charge is 0.416 e. The van der Waals surface area contributed by atoms with E-state index in [1.165, 1.54) is 24.4 Å². The van der Waals surface area contributed by atoms with E-state index < -0.39 is 17.6 Å². The van der Waals surface area contributed by atoms with Crippen molar-refractivity contribution in [2.24, 2.45) is 0 Å². The van der Waals surface area contributed by atoms with Crippen molar-refractivity contribution < 1.29 is 18.0 Å². The van der Waals surface area contributed by atoms with E-state index in [4.69, 9.17) is 0 Å². The monoisotopic (exact) mass is 386 g/mol. The molecule has 5 nitrogen and oxygen atoms in total. The van der Waals surface area contributed by atoms with Gasteiger partial charge in [0.05, 0.1) is 5.56 Å². The van der Waals surface area contributed by atoms with Gasteiger partial charge in [-0.1, -0.05) is 18.2 Å². The van der Waals surface area contributed by atoms with Gasteiger partial charge in [-0.05, 0) is 55.3 Å². The molecule has 0 unspecified atom stereocenters. The van der Waals surface area contributed by atoms with Crippen molar-refractivity contribution >= 4 is 23.2 Å². The van der Waals surface area contributed by atoms with Crippen LogP contribution in [-0.2, 0) is 6.18 Å².